The van der Waals surface area contributed by atoms with Crippen LogP contribution in [0.25, 0.3) is 0 Å². The molecule has 0 aliphatic carbocycles. The number of aliphatic carboxylic acids is 1. The molecule has 59 valence electrons. The van der Waals surface area contributed by atoms with Crippen molar-refractivity contribution in [3.63, 3.8) is 0 Å². The summed E-state index contributed by atoms with van der Waals surface area (Å²) in [5.74, 6) is -0.858. The van der Waals surface area contributed by atoms with Gasteiger partial charge in [0, 0.05) is 17.1 Å². The quantitative estimate of drug-likeness (QED) is 0.515. The molecule has 0 aliphatic heterocycles. The Balaban J connectivity index is 0. The van der Waals surface area contributed by atoms with Gasteiger partial charge in [-0.2, -0.15) is 12.6 Å². The Morgan fingerprint density at radius 3 is 2.11 bits per heavy atom. The van der Waals surface area contributed by atoms with E-state index in [2.05, 4.69) is 12.6 Å². The molecule has 0 saturated heterocycles. The average molecular weight is 198 g/mol. The van der Waals surface area contributed by atoms with Gasteiger partial charge in [0.2, 0.25) is 0 Å². The molecular formula is C5H10CuO2S. The summed E-state index contributed by atoms with van der Waals surface area (Å²) in [5.41, 5.74) is 0. The number of thiol groups is 1. The number of carboxylic acids is 1. The van der Waals surface area contributed by atoms with Crippen LogP contribution in [0.5, 0.6) is 0 Å². The Morgan fingerprint density at radius 1 is 1.78 bits per heavy atom. The van der Waals surface area contributed by atoms with Crippen LogP contribution in [0.15, 0.2) is 0 Å². The average Bonchev–Trinajstić information content (AvgIpc) is 1.67. The van der Waals surface area contributed by atoms with Crippen LogP contribution in [-0.2, 0) is 21.9 Å². The van der Waals surface area contributed by atoms with Crippen molar-refractivity contribution in [3.05, 3.63) is 0 Å². The molecule has 0 bridgehead atoms. The van der Waals surface area contributed by atoms with Crippen molar-refractivity contribution in [2.75, 3.05) is 0 Å². The molecule has 0 aromatic rings. The standard InChI is InChI=1S/C5H10O2S.Cu/c1-3-5(2,8)4(6)7;/h8H,3H2,1-2H3,(H,6,7);. The zero-order chi connectivity index (χ0) is 6.78. The van der Waals surface area contributed by atoms with Crippen LogP contribution in [0, 0.1) is 0 Å². The molecule has 9 heavy (non-hydrogen) atoms. The van der Waals surface area contributed by atoms with Gasteiger partial charge >= 0.3 is 5.97 Å². The van der Waals surface area contributed by atoms with Gasteiger partial charge in [0.1, 0.15) is 4.75 Å². The maximum atomic E-state index is 10.2. The van der Waals surface area contributed by atoms with E-state index in [0.717, 1.165) is 0 Å². The van der Waals surface area contributed by atoms with Gasteiger partial charge < -0.3 is 5.11 Å². The van der Waals surface area contributed by atoms with Crippen molar-refractivity contribution < 1.29 is 27.0 Å². The summed E-state index contributed by atoms with van der Waals surface area (Å²) in [7, 11) is 0. The summed E-state index contributed by atoms with van der Waals surface area (Å²) in [5, 5.41) is 8.36. The summed E-state index contributed by atoms with van der Waals surface area (Å²) >= 11 is 3.88. The van der Waals surface area contributed by atoms with E-state index in [1.165, 1.54) is 0 Å². The van der Waals surface area contributed by atoms with E-state index >= 15 is 0 Å². The third kappa shape index (κ3) is 3.84. The van der Waals surface area contributed by atoms with Crippen LogP contribution in [0.4, 0.5) is 0 Å². The summed E-state index contributed by atoms with van der Waals surface area (Å²) in [4.78, 5) is 10.2. The molecule has 0 rings (SSSR count). The minimum Gasteiger partial charge on any atom is -0.480 e. The first-order valence-electron chi connectivity index (χ1n) is 2.46. The predicted octanol–water partition coefficient (Wildman–Crippen LogP) is 1.17. The fourth-order valence-corrected chi connectivity index (χ4v) is 0.151. The number of hydrogen-bond acceptors (Lipinski definition) is 2. The first kappa shape index (κ1) is 12.1. The van der Waals surface area contributed by atoms with Crippen molar-refractivity contribution in [3.8, 4) is 0 Å². The number of carboxylic acid groups (broad SMARTS) is 1. The van der Waals surface area contributed by atoms with E-state index in [1.54, 1.807) is 13.8 Å². The van der Waals surface area contributed by atoms with Crippen LogP contribution in [-0.4, -0.2) is 15.8 Å². The van der Waals surface area contributed by atoms with E-state index in [9.17, 15) is 4.79 Å². The summed E-state index contributed by atoms with van der Waals surface area (Å²) in [6.45, 7) is 3.37. The molecule has 2 nitrogen and oxygen atoms in total. The monoisotopic (exact) mass is 197 g/mol. The first-order valence-corrected chi connectivity index (χ1v) is 2.91. The molecule has 0 amide bonds. The van der Waals surface area contributed by atoms with Crippen LogP contribution in [0.1, 0.15) is 20.3 Å². The van der Waals surface area contributed by atoms with Gasteiger partial charge in [0.05, 0.1) is 0 Å². The summed E-state index contributed by atoms with van der Waals surface area (Å²) < 4.78 is -0.847. The number of hydrogen-bond donors (Lipinski definition) is 2. The van der Waals surface area contributed by atoms with Gasteiger partial charge in [0.25, 0.3) is 0 Å². The Kier molecular flexibility index (Phi) is 5.63. The maximum absolute atomic E-state index is 10.2. The Morgan fingerprint density at radius 2 is 2.11 bits per heavy atom. The smallest absolute Gasteiger partial charge is 0.319 e. The molecule has 1 unspecified atom stereocenters. The van der Waals surface area contributed by atoms with Gasteiger partial charge in [-0.15, -0.1) is 0 Å². The molecule has 0 heterocycles. The van der Waals surface area contributed by atoms with E-state index in [-0.39, 0.29) is 17.1 Å². The van der Waals surface area contributed by atoms with Crippen LogP contribution in [0.3, 0.4) is 0 Å². The van der Waals surface area contributed by atoms with E-state index in [0.29, 0.717) is 6.42 Å². The zero-order valence-electron chi connectivity index (χ0n) is 5.31. The SMILES string of the molecule is CCC(C)(S)C(=O)O.[Cu]. The van der Waals surface area contributed by atoms with E-state index < -0.39 is 10.7 Å². The molecule has 0 spiro atoms. The van der Waals surface area contributed by atoms with Crippen molar-refractivity contribution >= 4 is 18.6 Å². The summed E-state index contributed by atoms with van der Waals surface area (Å²) in [6, 6.07) is 0. The van der Waals surface area contributed by atoms with Crippen molar-refractivity contribution in [2.45, 2.75) is 25.0 Å². The Hall–Kier alpha value is 0.339. The van der Waals surface area contributed by atoms with Gasteiger partial charge in [0.15, 0.2) is 0 Å². The van der Waals surface area contributed by atoms with Crippen molar-refractivity contribution in [2.24, 2.45) is 0 Å². The molecule has 0 saturated carbocycles. The Bertz CT molecular complexity index is 103. The Labute approximate surface area is 70.9 Å². The van der Waals surface area contributed by atoms with E-state index in [4.69, 9.17) is 5.11 Å². The van der Waals surface area contributed by atoms with Gasteiger partial charge in [-0.3, -0.25) is 4.79 Å². The normalized spacial score (nSPS) is 15.4. The molecular weight excluding hydrogens is 188 g/mol. The fourth-order valence-electron chi connectivity index (χ4n) is 0.151. The van der Waals surface area contributed by atoms with E-state index in [1.807, 2.05) is 0 Å². The molecule has 0 aromatic heterocycles. The molecule has 1 atom stereocenters. The minimum absolute atomic E-state index is 0. The number of rotatable bonds is 2. The second-order valence-corrected chi connectivity index (χ2v) is 2.92. The second-order valence-electron chi connectivity index (χ2n) is 1.93. The number of carbonyl (C=O) groups is 1. The first-order chi connectivity index (χ1) is 3.50. The maximum Gasteiger partial charge on any atom is 0.319 e. The summed E-state index contributed by atoms with van der Waals surface area (Å²) in [6.07, 6.45) is 0.547. The van der Waals surface area contributed by atoms with Crippen LogP contribution >= 0.6 is 12.6 Å². The van der Waals surface area contributed by atoms with Crippen molar-refractivity contribution in [1.82, 2.24) is 0 Å². The van der Waals surface area contributed by atoms with Gasteiger partial charge in [-0.1, -0.05) is 6.92 Å². The fraction of sp³-hybridized carbons (Fsp3) is 0.800. The third-order valence-electron chi connectivity index (χ3n) is 1.15. The van der Waals surface area contributed by atoms with Crippen molar-refractivity contribution in [1.29, 1.82) is 0 Å². The topological polar surface area (TPSA) is 37.3 Å². The van der Waals surface area contributed by atoms with Gasteiger partial charge in [-0.25, -0.2) is 0 Å². The molecule has 1 radical (unpaired) electrons. The largest absolute Gasteiger partial charge is 0.480 e. The molecule has 4 heteroatoms. The second kappa shape index (κ2) is 4.20. The van der Waals surface area contributed by atoms with Gasteiger partial charge in [-0.05, 0) is 13.3 Å². The van der Waals surface area contributed by atoms with Crippen LogP contribution in [0.2, 0.25) is 0 Å². The predicted molar refractivity (Wildman–Crippen MR) is 35.3 cm³/mol. The molecule has 0 aromatic carbocycles. The van der Waals surface area contributed by atoms with Crippen LogP contribution < -0.4 is 0 Å². The molecule has 1 N–H and O–H groups in total. The third-order valence-corrected chi connectivity index (χ3v) is 1.66. The molecule has 0 aliphatic rings. The molecule has 0 fully saturated rings. The minimum atomic E-state index is -0.858. The zero-order valence-corrected chi connectivity index (χ0v) is 7.15.